The highest BCUT2D eigenvalue weighted by molar-refractivity contribution is 5.20. The van der Waals surface area contributed by atoms with Gasteiger partial charge in [0, 0.05) is 50.9 Å². The average Bonchev–Trinajstić information content (AvgIpc) is 2.70. The Morgan fingerprint density at radius 1 is 0.929 bits per heavy atom. The molecule has 0 N–H and O–H groups in total. The van der Waals surface area contributed by atoms with E-state index in [0.29, 0.717) is 18.7 Å². The third-order valence-corrected chi connectivity index (χ3v) is 5.77. The number of aromatic nitrogens is 2. The van der Waals surface area contributed by atoms with E-state index >= 15 is 0 Å². The first kappa shape index (κ1) is 19.2. The molecule has 5 nitrogen and oxygen atoms in total. The van der Waals surface area contributed by atoms with Gasteiger partial charge in [-0.25, -0.2) is 13.5 Å². The monoisotopic (exact) mass is 388 g/mol. The highest BCUT2D eigenvalue weighted by atomic mass is 19.1. The molecule has 1 aliphatic carbocycles. The molecule has 1 aliphatic heterocycles. The summed E-state index contributed by atoms with van der Waals surface area (Å²) in [6.07, 6.45) is 4.21. The summed E-state index contributed by atoms with van der Waals surface area (Å²) in [7, 11) is 0. The zero-order chi connectivity index (χ0) is 19.5. The molecule has 0 amide bonds. The smallest absolute Gasteiger partial charge is 0.267 e. The molecule has 0 saturated carbocycles. The fourth-order valence-electron chi connectivity index (χ4n) is 4.07. The molecule has 2 aromatic rings. The molecular formula is C21H26F2N4O. The van der Waals surface area contributed by atoms with Crippen molar-refractivity contribution in [3.8, 4) is 0 Å². The highest BCUT2D eigenvalue weighted by Gasteiger charge is 2.19. The van der Waals surface area contributed by atoms with E-state index in [9.17, 15) is 13.6 Å². The van der Waals surface area contributed by atoms with Crippen molar-refractivity contribution in [3.05, 3.63) is 63.1 Å². The minimum Gasteiger partial charge on any atom is -0.299 e. The van der Waals surface area contributed by atoms with E-state index in [4.69, 9.17) is 0 Å². The molecule has 0 unspecified atom stereocenters. The number of rotatable bonds is 5. The van der Waals surface area contributed by atoms with Crippen molar-refractivity contribution >= 4 is 0 Å². The van der Waals surface area contributed by atoms with Crippen LogP contribution in [0.15, 0.2) is 29.1 Å². The Hall–Kier alpha value is -2.12. The molecular weight excluding hydrogens is 362 g/mol. The Kier molecular flexibility index (Phi) is 5.82. The van der Waals surface area contributed by atoms with E-state index in [1.807, 2.05) is 0 Å². The molecule has 150 valence electrons. The van der Waals surface area contributed by atoms with Crippen LogP contribution in [0.4, 0.5) is 8.78 Å². The first-order valence-electron chi connectivity index (χ1n) is 10.1. The lowest BCUT2D eigenvalue weighted by Gasteiger charge is -2.34. The van der Waals surface area contributed by atoms with Crippen molar-refractivity contribution < 1.29 is 8.78 Å². The zero-order valence-electron chi connectivity index (χ0n) is 16.0. The first-order valence-corrected chi connectivity index (χ1v) is 10.1. The van der Waals surface area contributed by atoms with Gasteiger partial charge in [0.2, 0.25) is 0 Å². The van der Waals surface area contributed by atoms with Crippen molar-refractivity contribution in [3.63, 3.8) is 0 Å². The van der Waals surface area contributed by atoms with Crippen molar-refractivity contribution in [1.29, 1.82) is 0 Å². The third kappa shape index (κ3) is 4.47. The molecule has 0 atom stereocenters. The summed E-state index contributed by atoms with van der Waals surface area (Å²) in [6.45, 7) is 5.06. The maximum atomic E-state index is 13.8. The van der Waals surface area contributed by atoms with Gasteiger partial charge in [0.05, 0.1) is 12.2 Å². The number of piperazine rings is 1. The van der Waals surface area contributed by atoms with Crippen LogP contribution in [0.2, 0.25) is 0 Å². The molecule has 4 rings (SSSR count). The van der Waals surface area contributed by atoms with Gasteiger partial charge >= 0.3 is 0 Å². The number of hydrogen-bond acceptors (Lipinski definition) is 4. The summed E-state index contributed by atoms with van der Waals surface area (Å²) in [5.41, 5.74) is 2.58. The topological polar surface area (TPSA) is 41.4 Å². The van der Waals surface area contributed by atoms with E-state index < -0.39 is 5.82 Å². The van der Waals surface area contributed by atoms with Gasteiger partial charge in [-0.15, -0.1) is 0 Å². The Bertz CT molecular complexity index is 890. The molecule has 1 saturated heterocycles. The van der Waals surface area contributed by atoms with E-state index in [-0.39, 0.29) is 11.4 Å². The minimum absolute atomic E-state index is 0.0131. The second-order valence-electron chi connectivity index (χ2n) is 7.74. The predicted molar refractivity (Wildman–Crippen MR) is 103 cm³/mol. The maximum absolute atomic E-state index is 13.8. The first-order chi connectivity index (χ1) is 13.6. The van der Waals surface area contributed by atoms with Gasteiger partial charge in [-0.1, -0.05) is 0 Å². The van der Waals surface area contributed by atoms with Gasteiger partial charge in [0.1, 0.15) is 11.6 Å². The number of hydrogen-bond donors (Lipinski definition) is 0. The second kappa shape index (κ2) is 8.49. The summed E-state index contributed by atoms with van der Waals surface area (Å²) >= 11 is 0. The Balaban J connectivity index is 1.29. The Morgan fingerprint density at radius 2 is 1.68 bits per heavy atom. The van der Waals surface area contributed by atoms with Gasteiger partial charge in [0.25, 0.3) is 5.56 Å². The standard InChI is InChI=1S/C21H26F2N4O/c22-18-5-6-19(23)17(13-18)15-26-9-7-25(8-10-26)11-12-27-21(28)14-16-3-1-2-4-20(16)24-27/h5-6,13-14H,1-4,7-12,15H2. The summed E-state index contributed by atoms with van der Waals surface area (Å²) < 4.78 is 28.8. The second-order valence-corrected chi connectivity index (χ2v) is 7.74. The molecule has 0 radical (unpaired) electrons. The van der Waals surface area contributed by atoms with Crippen molar-refractivity contribution in [1.82, 2.24) is 19.6 Å². The normalized spacial score (nSPS) is 18.2. The lowest BCUT2D eigenvalue weighted by molar-refractivity contribution is 0.121. The van der Waals surface area contributed by atoms with Crippen LogP contribution in [0.1, 0.15) is 29.7 Å². The van der Waals surface area contributed by atoms with Crippen LogP contribution in [0, 0.1) is 11.6 Å². The van der Waals surface area contributed by atoms with Gasteiger partial charge in [-0.3, -0.25) is 14.6 Å². The average molecular weight is 388 g/mol. The van der Waals surface area contributed by atoms with Gasteiger partial charge in [0.15, 0.2) is 0 Å². The molecule has 2 heterocycles. The summed E-state index contributed by atoms with van der Waals surface area (Å²) in [5.74, 6) is -0.764. The van der Waals surface area contributed by atoms with E-state index in [2.05, 4.69) is 14.9 Å². The van der Waals surface area contributed by atoms with E-state index in [0.717, 1.165) is 75.7 Å². The van der Waals surface area contributed by atoms with Crippen molar-refractivity contribution in [2.24, 2.45) is 0 Å². The lowest BCUT2D eigenvalue weighted by atomic mass is 9.97. The maximum Gasteiger partial charge on any atom is 0.267 e. The van der Waals surface area contributed by atoms with Crippen LogP contribution in [0.3, 0.4) is 0 Å². The summed E-state index contributed by atoms with van der Waals surface area (Å²) in [6, 6.07) is 5.36. The molecule has 2 aliphatic rings. The van der Waals surface area contributed by atoms with Crippen LogP contribution in [0.25, 0.3) is 0 Å². The highest BCUT2D eigenvalue weighted by Crippen LogP contribution is 2.17. The molecule has 0 bridgehead atoms. The molecule has 1 fully saturated rings. The largest absolute Gasteiger partial charge is 0.299 e. The Labute approximate surface area is 163 Å². The van der Waals surface area contributed by atoms with Crippen LogP contribution < -0.4 is 5.56 Å². The summed E-state index contributed by atoms with van der Waals surface area (Å²) in [5, 5.41) is 4.58. The van der Waals surface area contributed by atoms with Crippen molar-refractivity contribution in [2.45, 2.75) is 38.8 Å². The van der Waals surface area contributed by atoms with E-state index in [1.165, 1.54) is 12.1 Å². The third-order valence-electron chi connectivity index (χ3n) is 5.77. The molecule has 28 heavy (non-hydrogen) atoms. The van der Waals surface area contributed by atoms with Crippen molar-refractivity contribution in [2.75, 3.05) is 32.7 Å². The molecule has 1 aromatic heterocycles. The summed E-state index contributed by atoms with van der Waals surface area (Å²) in [4.78, 5) is 16.7. The lowest BCUT2D eigenvalue weighted by Crippen LogP contribution is -2.47. The number of aryl methyl sites for hydroxylation is 2. The number of fused-ring (bicyclic) bond motifs is 1. The number of nitrogens with zero attached hydrogens (tertiary/aromatic N) is 4. The SMILES string of the molecule is O=c1cc2c(nn1CCN1CCN(Cc3cc(F)ccc3F)CC1)CCCC2. The van der Waals surface area contributed by atoms with Crippen LogP contribution in [0.5, 0.6) is 0 Å². The molecule has 0 spiro atoms. The quantitative estimate of drug-likeness (QED) is 0.788. The predicted octanol–water partition coefficient (Wildman–Crippen LogP) is 2.22. The van der Waals surface area contributed by atoms with E-state index in [1.54, 1.807) is 10.7 Å². The van der Waals surface area contributed by atoms with Gasteiger partial charge in [-0.05, 0) is 49.4 Å². The number of benzene rings is 1. The van der Waals surface area contributed by atoms with Crippen LogP contribution in [-0.4, -0.2) is 52.3 Å². The Morgan fingerprint density at radius 3 is 2.50 bits per heavy atom. The fraction of sp³-hybridized carbons (Fsp3) is 0.524. The zero-order valence-corrected chi connectivity index (χ0v) is 16.0. The minimum atomic E-state index is -0.405. The van der Waals surface area contributed by atoms with Gasteiger partial charge < -0.3 is 0 Å². The number of halogens is 2. The van der Waals surface area contributed by atoms with Gasteiger partial charge in [-0.2, -0.15) is 5.10 Å². The molecule has 1 aromatic carbocycles. The fourth-order valence-corrected chi connectivity index (χ4v) is 4.07. The molecule has 7 heteroatoms. The van der Waals surface area contributed by atoms with Crippen LogP contribution in [-0.2, 0) is 25.9 Å². The van der Waals surface area contributed by atoms with Crippen LogP contribution >= 0.6 is 0 Å².